The number of ether oxygens (including phenoxy) is 2. The van der Waals surface area contributed by atoms with Gasteiger partial charge in [0.15, 0.2) is 11.5 Å². The summed E-state index contributed by atoms with van der Waals surface area (Å²) in [5, 5.41) is 6.11. The molecule has 9 heteroatoms. The summed E-state index contributed by atoms with van der Waals surface area (Å²) in [7, 11) is -1.25. The van der Waals surface area contributed by atoms with E-state index in [1.807, 2.05) is 49.4 Å². The first-order valence-electron chi connectivity index (χ1n) is 11.4. The SMILES string of the molecule is COc1ccc(S(=O)(=O)N(CC(=O)N/N=C\c2cccc3ccccc23)c2ccc(C)cc2)cc1OC. The smallest absolute Gasteiger partial charge is 0.264 e. The minimum Gasteiger partial charge on any atom is -0.493 e. The fourth-order valence-corrected chi connectivity index (χ4v) is 5.27. The van der Waals surface area contributed by atoms with Crippen LogP contribution < -0.4 is 19.2 Å². The van der Waals surface area contributed by atoms with Crippen LogP contribution >= 0.6 is 0 Å². The fourth-order valence-electron chi connectivity index (χ4n) is 3.83. The number of amides is 1. The van der Waals surface area contributed by atoms with E-state index in [4.69, 9.17) is 9.47 Å². The molecule has 0 aliphatic heterocycles. The largest absolute Gasteiger partial charge is 0.493 e. The maximum absolute atomic E-state index is 13.7. The number of rotatable bonds is 9. The van der Waals surface area contributed by atoms with E-state index in [9.17, 15) is 13.2 Å². The quantitative estimate of drug-likeness (QED) is 0.260. The number of nitrogens with one attached hydrogen (secondary N) is 1. The van der Waals surface area contributed by atoms with Crippen LogP contribution in [0.1, 0.15) is 11.1 Å². The van der Waals surface area contributed by atoms with Crippen LogP contribution in [0.4, 0.5) is 5.69 Å². The lowest BCUT2D eigenvalue weighted by molar-refractivity contribution is -0.119. The standard InChI is InChI=1S/C28H27N3O5S/c1-20-11-13-23(14-12-20)31(37(33,34)24-15-16-26(35-2)27(17-24)36-3)19-28(32)30-29-18-22-9-6-8-21-7-4-5-10-25(21)22/h4-18H,19H2,1-3H3,(H,30,32)/b29-18-. The number of carbonyl (C=O) groups excluding carboxylic acids is 1. The summed E-state index contributed by atoms with van der Waals surface area (Å²) in [6.07, 6.45) is 1.54. The topological polar surface area (TPSA) is 97.3 Å². The summed E-state index contributed by atoms with van der Waals surface area (Å²) in [5.74, 6) is 0.0570. The van der Waals surface area contributed by atoms with Crippen molar-refractivity contribution in [2.75, 3.05) is 25.1 Å². The molecule has 4 rings (SSSR count). The highest BCUT2D eigenvalue weighted by Crippen LogP contribution is 2.32. The van der Waals surface area contributed by atoms with Gasteiger partial charge in [0.2, 0.25) is 0 Å². The van der Waals surface area contributed by atoms with Gasteiger partial charge in [-0.3, -0.25) is 9.10 Å². The monoisotopic (exact) mass is 517 g/mol. The first-order valence-corrected chi connectivity index (χ1v) is 12.9. The van der Waals surface area contributed by atoms with Gasteiger partial charge in [0.05, 0.1) is 31.0 Å². The molecule has 0 aliphatic rings. The molecule has 0 saturated carbocycles. The summed E-state index contributed by atoms with van der Waals surface area (Å²) in [4.78, 5) is 12.8. The summed E-state index contributed by atoms with van der Waals surface area (Å²) in [6, 6.07) is 24.8. The van der Waals surface area contributed by atoms with Gasteiger partial charge in [0, 0.05) is 11.6 Å². The van der Waals surface area contributed by atoms with Gasteiger partial charge in [-0.15, -0.1) is 0 Å². The van der Waals surface area contributed by atoms with Crippen molar-refractivity contribution in [3.8, 4) is 11.5 Å². The molecule has 0 fully saturated rings. The van der Waals surface area contributed by atoms with Crippen LogP contribution in [0.5, 0.6) is 11.5 Å². The molecular formula is C28H27N3O5S. The zero-order valence-corrected chi connectivity index (χ0v) is 21.5. The second-order valence-corrected chi connectivity index (χ2v) is 10.1. The first kappa shape index (κ1) is 25.7. The van der Waals surface area contributed by atoms with Gasteiger partial charge >= 0.3 is 0 Å². The van der Waals surface area contributed by atoms with Gasteiger partial charge in [-0.05, 0) is 42.0 Å². The molecule has 4 aromatic rings. The van der Waals surface area contributed by atoms with Crippen molar-refractivity contribution >= 4 is 38.6 Å². The number of sulfonamides is 1. The Morgan fingerprint density at radius 3 is 2.35 bits per heavy atom. The number of hydrazone groups is 1. The van der Waals surface area contributed by atoms with E-state index in [2.05, 4.69) is 10.5 Å². The Labute approximate surface area is 216 Å². The van der Waals surface area contributed by atoms with Crippen LogP contribution in [0.3, 0.4) is 0 Å². The lowest BCUT2D eigenvalue weighted by atomic mass is 10.1. The molecule has 4 aromatic carbocycles. The highest BCUT2D eigenvalue weighted by Gasteiger charge is 2.28. The number of anilines is 1. The Hall–Kier alpha value is -4.37. The van der Waals surface area contributed by atoms with Gasteiger partial charge < -0.3 is 9.47 Å². The van der Waals surface area contributed by atoms with Crippen LogP contribution in [-0.2, 0) is 14.8 Å². The van der Waals surface area contributed by atoms with E-state index >= 15 is 0 Å². The van der Waals surface area contributed by atoms with Crippen molar-refractivity contribution < 1.29 is 22.7 Å². The van der Waals surface area contributed by atoms with Crippen molar-refractivity contribution in [3.05, 3.63) is 96.1 Å². The van der Waals surface area contributed by atoms with Crippen molar-refractivity contribution in [1.29, 1.82) is 0 Å². The van der Waals surface area contributed by atoms with E-state index in [0.29, 0.717) is 11.4 Å². The number of benzene rings is 4. The Bertz CT molecular complexity index is 1540. The number of fused-ring (bicyclic) bond motifs is 1. The lowest BCUT2D eigenvalue weighted by Gasteiger charge is -2.24. The number of nitrogens with zero attached hydrogens (tertiary/aromatic N) is 2. The Morgan fingerprint density at radius 1 is 0.919 bits per heavy atom. The number of aryl methyl sites for hydroxylation is 1. The van der Waals surface area contributed by atoms with E-state index < -0.39 is 22.5 Å². The predicted octanol–water partition coefficient (Wildman–Crippen LogP) is 4.51. The molecule has 0 aromatic heterocycles. The molecule has 37 heavy (non-hydrogen) atoms. The molecule has 190 valence electrons. The number of methoxy groups -OCH3 is 2. The Kier molecular flexibility index (Phi) is 7.74. The Morgan fingerprint density at radius 2 is 1.62 bits per heavy atom. The van der Waals surface area contributed by atoms with Crippen molar-refractivity contribution in [2.45, 2.75) is 11.8 Å². The number of hydrogen-bond acceptors (Lipinski definition) is 6. The molecule has 0 saturated heterocycles. The summed E-state index contributed by atoms with van der Waals surface area (Å²) >= 11 is 0. The van der Waals surface area contributed by atoms with Gasteiger partial charge in [0.1, 0.15) is 6.54 Å². The van der Waals surface area contributed by atoms with E-state index in [-0.39, 0.29) is 10.6 Å². The van der Waals surface area contributed by atoms with Gasteiger partial charge in [0.25, 0.3) is 15.9 Å². The molecule has 0 aliphatic carbocycles. The van der Waals surface area contributed by atoms with Crippen LogP contribution in [-0.4, -0.2) is 41.3 Å². The normalized spacial score (nSPS) is 11.4. The Balaban J connectivity index is 1.61. The fraction of sp³-hybridized carbons (Fsp3) is 0.143. The molecule has 0 radical (unpaired) electrons. The summed E-state index contributed by atoms with van der Waals surface area (Å²) < 4.78 is 38.9. The van der Waals surface area contributed by atoms with E-state index in [1.165, 1.54) is 32.4 Å². The molecule has 1 amide bonds. The minimum absolute atomic E-state index is 0.0437. The van der Waals surface area contributed by atoms with Gasteiger partial charge in [-0.1, -0.05) is 60.2 Å². The average molecular weight is 518 g/mol. The third kappa shape index (κ3) is 5.73. The molecule has 0 unspecified atom stereocenters. The number of hydrogen-bond donors (Lipinski definition) is 1. The van der Waals surface area contributed by atoms with Crippen molar-refractivity contribution in [3.63, 3.8) is 0 Å². The summed E-state index contributed by atoms with van der Waals surface area (Å²) in [5.41, 5.74) is 4.57. The van der Waals surface area contributed by atoms with Gasteiger partial charge in [-0.2, -0.15) is 5.10 Å². The molecular weight excluding hydrogens is 490 g/mol. The first-order chi connectivity index (χ1) is 17.8. The molecule has 0 bridgehead atoms. The maximum atomic E-state index is 13.7. The van der Waals surface area contributed by atoms with Crippen LogP contribution in [0.25, 0.3) is 10.8 Å². The van der Waals surface area contributed by atoms with Crippen LogP contribution in [0.15, 0.2) is 94.9 Å². The second kappa shape index (κ2) is 11.1. The van der Waals surface area contributed by atoms with Gasteiger partial charge in [-0.25, -0.2) is 13.8 Å². The third-order valence-electron chi connectivity index (χ3n) is 5.77. The van der Waals surface area contributed by atoms with E-state index in [0.717, 1.165) is 26.2 Å². The molecule has 0 heterocycles. The second-order valence-electron chi connectivity index (χ2n) is 8.23. The molecule has 1 N–H and O–H groups in total. The highest BCUT2D eigenvalue weighted by atomic mass is 32.2. The average Bonchev–Trinajstić information content (AvgIpc) is 2.92. The molecule has 0 spiro atoms. The predicted molar refractivity (Wildman–Crippen MR) is 145 cm³/mol. The minimum atomic E-state index is -4.14. The third-order valence-corrected chi connectivity index (χ3v) is 7.54. The van der Waals surface area contributed by atoms with Crippen LogP contribution in [0.2, 0.25) is 0 Å². The van der Waals surface area contributed by atoms with Crippen LogP contribution in [0, 0.1) is 6.92 Å². The van der Waals surface area contributed by atoms with Crippen molar-refractivity contribution in [1.82, 2.24) is 5.43 Å². The number of carbonyl (C=O) groups is 1. The lowest BCUT2D eigenvalue weighted by Crippen LogP contribution is -2.39. The van der Waals surface area contributed by atoms with Crippen molar-refractivity contribution in [2.24, 2.45) is 5.10 Å². The molecule has 8 nitrogen and oxygen atoms in total. The molecule has 0 atom stereocenters. The highest BCUT2D eigenvalue weighted by molar-refractivity contribution is 7.92. The van der Waals surface area contributed by atoms with E-state index in [1.54, 1.807) is 30.5 Å². The zero-order valence-electron chi connectivity index (χ0n) is 20.7. The maximum Gasteiger partial charge on any atom is 0.264 e. The summed E-state index contributed by atoms with van der Waals surface area (Å²) in [6.45, 7) is 1.41. The zero-order chi connectivity index (χ0) is 26.4.